The van der Waals surface area contributed by atoms with Gasteiger partial charge in [-0.3, -0.25) is 14.4 Å². The third-order valence-corrected chi connectivity index (χ3v) is 4.38. The summed E-state index contributed by atoms with van der Waals surface area (Å²) in [5.74, 6) is 0. The van der Waals surface area contributed by atoms with E-state index >= 15 is 0 Å². The van der Waals surface area contributed by atoms with Gasteiger partial charge in [0.05, 0.1) is 18.8 Å². The Kier molecular flexibility index (Phi) is 4.39. The van der Waals surface area contributed by atoms with Crippen LogP contribution in [0.4, 0.5) is 5.69 Å². The predicted octanol–water partition coefficient (Wildman–Crippen LogP) is 3.49. The molecule has 4 aromatic rings. The standard InChI is InChI=1S/C18H15BrN6/c19-14-4-3-6-16(10-14)25(11-15-5-1-2-7-20-15)12-17-18-23-22-13-24(18)9-8-21-17/h1-10,13H,11-12H2. The predicted molar refractivity (Wildman–Crippen MR) is 99.0 cm³/mol. The first kappa shape index (κ1) is 15.7. The molecular formula is C18H15BrN6. The van der Waals surface area contributed by atoms with Gasteiger partial charge in [-0.05, 0) is 30.3 Å². The van der Waals surface area contributed by atoms with Gasteiger partial charge in [-0.25, -0.2) is 0 Å². The van der Waals surface area contributed by atoms with Crippen molar-refractivity contribution in [1.29, 1.82) is 0 Å². The highest BCUT2D eigenvalue weighted by Gasteiger charge is 2.14. The maximum Gasteiger partial charge on any atom is 0.184 e. The van der Waals surface area contributed by atoms with Gasteiger partial charge in [0.25, 0.3) is 0 Å². The summed E-state index contributed by atoms with van der Waals surface area (Å²) in [4.78, 5) is 11.2. The zero-order valence-electron chi connectivity index (χ0n) is 13.3. The van der Waals surface area contributed by atoms with Crippen LogP contribution in [-0.4, -0.2) is 24.6 Å². The molecule has 0 unspecified atom stereocenters. The first-order chi connectivity index (χ1) is 12.3. The van der Waals surface area contributed by atoms with Crippen LogP contribution in [0.2, 0.25) is 0 Å². The second kappa shape index (κ2) is 6.98. The minimum absolute atomic E-state index is 0.607. The summed E-state index contributed by atoms with van der Waals surface area (Å²) < 4.78 is 2.91. The van der Waals surface area contributed by atoms with E-state index in [-0.39, 0.29) is 0 Å². The van der Waals surface area contributed by atoms with Crippen molar-refractivity contribution in [2.45, 2.75) is 13.1 Å². The molecule has 7 heteroatoms. The molecule has 3 heterocycles. The molecule has 0 atom stereocenters. The molecule has 0 fully saturated rings. The Morgan fingerprint density at radius 2 is 1.96 bits per heavy atom. The number of halogens is 1. The van der Waals surface area contributed by atoms with Crippen molar-refractivity contribution in [2.75, 3.05) is 4.90 Å². The highest BCUT2D eigenvalue weighted by molar-refractivity contribution is 9.10. The fourth-order valence-electron chi connectivity index (χ4n) is 2.70. The molecule has 6 nitrogen and oxygen atoms in total. The maximum absolute atomic E-state index is 4.51. The smallest absolute Gasteiger partial charge is 0.184 e. The molecule has 0 aliphatic rings. The average molecular weight is 395 g/mol. The summed E-state index contributed by atoms with van der Waals surface area (Å²) in [6.45, 7) is 1.28. The van der Waals surface area contributed by atoms with E-state index in [0.29, 0.717) is 13.1 Å². The molecule has 3 aromatic heterocycles. The van der Waals surface area contributed by atoms with Crippen LogP contribution < -0.4 is 4.90 Å². The average Bonchev–Trinajstić information content (AvgIpc) is 3.12. The number of nitrogens with zero attached hydrogens (tertiary/aromatic N) is 6. The fourth-order valence-corrected chi connectivity index (χ4v) is 3.09. The van der Waals surface area contributed by atoms with Gasteiger partial charge in [0.15, 0.2) is 5.65 Å². The first-order valence-electron chi connectivity index (χ1n) is 7.83. The largest absolute Gasteiger partial charge is 0.360 e. The molecule has 0 saturated carbocycles. The summed E-state index contributed by atoms with van der Waals surface area (Å²) >= 11 is 3.55. The van der Waals surface area contributed by atoms with Gasteiger partial charge in [0, 0.05) is 28.8 Å². The lowest BCUT2D eigenvalue weighted by Crippen LogP contribution is -2.23. The number of anilines is 1. The Hall–Kier alpha value is -2.80. The van der Waals surface area contributed by atoms with Crippen LogP contribution in [0.15, 0.2) is 71.9 Å². The molecule has 0 radical (unpaired) electrons. The number of rotatable bonds is 5. The van der Waals surface area contributed by atoms with E-state index < -0.39 is 0 Å². The topological polar surface area (TPSA) is 59.2 Å². The fraction of sp³-hybridized carbons (Fsp3) is 0.111. The van der Waals surface area contributed by atoms with Crippen LogP contribution in [0.1, 0.15) is 11.4 Å². The molecule has 0 N–H and O–H groups in total. The number of benzene rings is 1. The molecule has 0 aliphatic heterocycles. The van der Waals surface area contributed by atoms with Crippen LogP contribution in [0.3, 0.4) is 0 Å². The number of pyridine rings is 1. The van der Waals surface area contributed by atoms with Crippen molar-refractivity contribution in [3.05, 3.63) is 83.2 Å². The lowest BCUT2D eigenvalue weighted by molar-refractivity contribution is 0.763. The van der Waals surface area contributed by atoms with Crippen molar-refractivity contribution in [3.63, 3.8) is 0 Å². The van der Waals surface area contributed by atoms with Crippen molar-refractivity contribution in [2.24, 2.45) is 0 Å². The second-order valence-corrected chi connectivity index (χ2v) is 6.51. The molecular weight excluding hydrogens is 380 g/mol. The van der Waals surface area contributed by atoms with Crippen molar-refractivity contribution >= 4 is 27.3 Å². The van der Waals surface area contributed by atoms with Crippen LogP contribution >= 0.6 is 15.9 Å². The molecule has 4 rings (SSSR count). The van der Waals surface area contributed by atoms with Gasteiger partial charge in [-0.1, -0.05) is 28.1 Å². The Bertz CT molecular complexity index is 985. The van der Waals surface area contributed by atoms with Crippen LogP contribution in [0, 0.1) is 0 Å². The van der Waals surface area contributed by atoms with Crippen LogP contribution in [-0.2, 0) is 13.1 Å². The molecule has 0 spiro atoms. The van der Waals surface area contributed by atoms with E-state index in [9.17, 15) is 0 Å². The zero-order chi connectivity index (χ0) is 17.1. The van der Waals surface area contributed by atoms with Crippen LogP contribution in [0.25, 0.3) is 5.65 Å². The van der Waals surface area contributed by atoms with Gasteiger partial charge in [-0.2, -0.15) is 0 Å². The van der Waals surface area contributed by atoms with E-state index in [1.807, 2.05) is 47.1 Å². The molecule has 124 valence electrons. The van der Waals surface area contributed by atoms with Crippen molar-refractivity contribution in [1.82, 2.24) is 24.6 Å². The Balaban J connectivity index is 1.71. The molecule has 0 aliphatic carbocycles. The third-order valence-electron chi connectivity index (χ3n) is 3.88. The zero-order valence-corrected chi connectivity index (χ0v) is 14.9. The number of hydrogen-bond acceptors (Lipinski definition) is 5. The number of hydrogen-bond donors (Lipinski definition) is 0. The summed E-state index contributed by atoms with van der Waals surface area (Å²) in [5, 5.41) is 8.16. The van der Waals surface area contributed by atoms with E-state index in [0.717, 1.165) is 27.2 Å². The van der Waals surface area contributed by atoms with Crippen molar-refractivity contribution < 1.29 is 0 Å². The Labute approximate surface area is 153 Å². The van der Waals surface area contributed by atoms with Gasteiger partial charge in [0.2, 0.25) is 0 Å². The summed E-state index contributed by atoms with van der Waals surface area (Å²) in [5.41, 5.74) is 3.72. The molecule has 1 aromatic carbocycles. The third kappa shape index (κ3) is 3.51. The summed E-state index contributed by atoms with van der Waals surface area (Å²) in [7, 11) is 0. The normalized spacial score (nSPS) is 10.9. The summed E-state index contributed by atoms with van der Waals surface area (Å²) in [6, 6.07) is 14.2. The van der Waals surface area contributed by atoms with E-state index in [1.54, 1.807) is 12.5 Å². The lowest BCUT2D eigenvalue weighted by atomic mass is 10.2. The maximum atomic E-state index is 4.51. The molecule has 0 bridgehead atoms. The molecule has 0 saturated heterocycles. The first-order valence-corrected chi connectivity index (χ1v) is 8.62. The second-order valence-electron chi connectivity index (χ2n) is 5.59. The Morgan fingerprint density at radius 1 is 1.00 bits per heavy atom. The highest BCUT2D eigenvalue weighted by atomic mass is 79.9. The van der Waals surface area contributed by atoms with Gasteiger partial charge in [-0.15, -0.1) is 10.2 Å². The summed E-state index contributed by atoms with van der Waals surface area (Å²) in [6.07, 6.45) is 7.11. The quantitative estimate of drug-likeness (QED) is 0.518. The van der Waals surface area contributed by atoms with E-state index in [2.05, 4.69) is 53.1 Å². The lowest BCUT2D eigenvalue weighted by Gasteiger charge is -2.24. The minimum atomic E-state index is 0.607. The molecule has 25 heavy (non-hydrogen) atoms. The van der Waals surface area contributed by atoms with Gasteiger partial charge in [0.1, 0.15) is 12.0 Å². The number of aromatic nitrogens is 5. The highest BCUT2D eigenvalue weighted by Crippen LogP contribution is 2.23. The van der Waals surface area contributed by atoms with Crippen molar-refractivity contribution in [3.8, 4) is 0 Å². The Morgan fingerprint density at radius 3 is 2.80 bits per heavy atom. The monoisotopic (exact) mass is 394 g/mol. The van der Waals surface area contributed by atoms with E-state index in [4.69, 9.17) is 0 Å². The van der Waals surface area contributed by atoms with Crippen LogP contribution in [0.5, 0.6) is 0 Å². The van der Waals surface area contributed by atoms with E-state index in [1.165, 1.54) is 0 Å². The van der Waals surface area contributed by atoms with Gasteiger partial charge < -0.3 is 4.90 Å². The van der Waals surface area contributed by atoms with Gasteiger partial charge >= 0.3 is 0 Å². The molecule has 0 amide bonds. The minimum Gasteiger partial charge on any atom is -0.360 e. The number of fused-ring (bicyclic) bond motifs is 1. The SMILES string of the molecule is Brc1cccc(N(Cc2ccccn2)Cc2nccn3cnnc23)c1.